The van der Waals surface area contributed by atoms with Gasteiger partial charge in [-0.15, -0.1) is 0 Å². The van der Waals surface area contributed by atoms with Crippen molar-refractivity contribution in [2.45, 2.75) is 26.9 Å². The lowest BCUT2D eigenvalue weighted by molar-refractivity contribution is 0.306. The van der Waals surface area contributed by atoms with E-state index in [-0.39, 0.29) is 0 Å². The van der Waals surface area contributed by atoms with Crippen molar-refractivity contribution < 1.29 is 9.15 Å². The largest absolute Gasteiger partial charge is 0.496 e. The summed E-state index contributed by atoms with van der Waals surface area (Å²) < 4.78 is 13.3. The first-order valence-electron chi connectivity index (χ1n) is 8.32. The summed E-state index contributed by atoms with van der Waals surface area (Å²) in [5.74, 6) is 2.38. The van der Waals surface area contributed by atoms with Crippen LogP contribution >= 0.6 is 0 Å². The predicted molar refractivity (Wildman–Crippen MR) is 96.5 cm³/mol. The lowest BCUT2D eigenvalue weighted by Gasteiger charge is -2.15. The second kappa shape index (κ2) is 7.53. The molecule has 0 amide bonds. The number of rotatable bonds is 7. The Hall–Kier alpha value is -2.60. The molecule has 3 rings (SSSR count). The number of ether oxygens (including phenoxy) is 1. The molecule has 6 heteroatoms. The van der Waals surface area contributed by atoms with E-state index in [0.29, 0.717) is 5.89 Å². The third-order valence-electron chi connectivity index (χ3n) is 4.25. The molecule has 1 aromatic carbocycles. The summed E-state index contributed by atoms with van der Waals surface area (Å²) in [6.45, 7) is 6.55. The van der Waals surface area contributed by atoms with Crippen LogP contribution in [-0.2, 0) is 13.1 Å². The number of likely N-dealkylation sites (N-methyl/N-ethyl adjacent to an activating group) is 1. The van der Waals surface area contributed by atoms with Crippen LogP contribution in [0, 0.1) is 13.8 Å². The number of benzene rings is 1. The van der Waals surface area contributed by atoms with Crippen LogP contribution in [0.4, 0.5) is 0 Å². The SMILES string of the molecule is COc1ccc(-c2nc(CN(C)CCn3ccnc3)c(C)o2)cc1C. The first-order valence-corrected chi connectivity index (χ1v) is 8.32. The average molecular weight is 340 g/mol. The van der Waals surface area contributed by atoms with Crippen LogP contribution in [0.2, 0.25) is 0 Å². The van der Waals surface area contributed by atoms with Crippen LogP contribution in [0.5, 0.6) is 5.75 Å². The molecule has 0 aliphatic rings. The highest BCUT2D eigenvalue weighted by Gasteiger charge is 2.14. The molecule has 0 spiro atoms. The molecular weight excluding hydrogens is 316 g/mol. The van der Waals surface area contributed by atoms with Gasteiger partial charge in [-0.3, -0.25) is 4.90 Å². The molecule has 0 aliphatic heterocycles. The third-order valence-corrected chi connectivity index (χ3v) is 4.25. The average Bonchev–Trinajstić information content (AvgIpc) is 3.23. The van der Waals surface area contributed by atoms with E-state index in [1.54, 1.807) is 13.3 Å². The van der Waals surface area contributed by atoms with Crippen LogP contribution in [0.3, 0.4) is 0 Å². The maximum Gasteiger partial charge on any atom is 0.226 e. The van der Waals surface area contributed by atoms with Crippen molar-refractivity contribution in [3.63, 3.8) is 0 Å². The number of methoxy groups -OCH3 is 1. The highest BCUT2D eigenvalue weighted by atomic mass is 16.5. The fourth-order valence-corrected chi connectivity index (χ4v) is 2.75. The highest BCUT2D eigenvalue weighted by molar-refractivity contribution is 5.57. The number of imidazole rings is 1. The van der Waals surface area contributed by atoms with Crippen LogP contribution in [0.25, 0.3) is 11.5 Å². The van der Waals surface area contributed by atoms with Gasteiger partial charge in [0.1, 0.15) is 11.5 Å². The first kappa shape index (κ1) is 17.2. The van der Waals surface area contributed by atoms with E-state index >= 15 is 0 Å². The van der Waals surface area contributed by atoms with Crippen molar-refractivity contribution in [3.8, 4) is 17.2 Å². The molecule has 0 N–H and O–H groups in total. The molecule has 2 aromatic heterocycles. The predicted octanol–water partition coefficient (Wildman–Crippen LogP) is 3.30. The zero-order valence-electron chi connectivity index (χ0n) is 15.2. The molecule has 0 radical (unpaired) electrons. The lowest BCUT2D eigenvalue weighted by atomic mass is 10.1. The van der Waals surface area contributed by atoms with Crippen molar-refractivity contribution in [2.75, 3.05) is 20.7 Å². The summed E-state index contributed by atoms with van der Waals surface area (Å²) in [6, 6.07) is 5.96. The Kier molecular flexibility index (Phi) is 5.19. The van der Waals surface area contributed by atoms with Crippen molar-refractivity contribution in [1.82, 2.24) is 19.4 Å². The molecule has 0 aliphatic carbocycles. The van der Waals surface area contributed by atoms with E-state index in [0.717, 1.165) is 48.0 Å². The smallest absolute Gasteiger partial charge is 0.226 e. The molecular formula is C19H24N4O2. The zero-order chi connectivity index (χ0) is 17.8. The molecule has 0 fully saturated rings. The fraction of sp³-hybridized carbons (Fsp3) is 0.368. The minimum absolute atomic E-state index is 0.654. The Balaban J connectivity index is 1.68. The second-order valence-corrected chi connectivity index (χ2v) is 6.24. The highest BCUT2D eigenvalue weighted by Crippen LogP contribution is 2.27. The van der Waals surface area contributed by atoms with E-state index in [1.165, 1.54) is 0 Å². The fourth-order valence-electron chi connectivity index (χ4n) is 2.75. The van der Waals surface area contributed by atoms with Crippen molar-refractivity contribution in [3.05, 3.63) is 53.9 Å². The summed E-state index contributed by atoms with van der Waals surface area (Å²) >= 11 is 0. The standard InChI is InChI=1S/C19H24N4O2/c1-14-11-16(5-6-18(14)24-4)19-21-17(15(2)25-19)12-22(3)9-10-23-8-7-20-13-23/h5-8,11,13H,9-10,12H2,1-4H3. The Morgan fingerprint density at radius 3 is 2.80 bits per heavy atom. The van der Waals surface area contributed by atoms with E-state index in [1.807, 2.05) is 44.6 Å². The molecule has 0 saturated heterocycles. The van der Waals surface area contributed by atoms with Crippen LogP contribution in [0.15, 0.2) is 41.3 Å². The van der Waals surface area contributed by atoms with Gasteiger partial charge < -0.3 is 13.7 Å². The quantitative estimate of drug-likeness (QED) is 0.660. The summed E-state index contributed by atoms with van der Waals surface area (Å²) in [6.07, 6.45) is 5.60. The topological polar surface area (TPSA) is 56.3 Å². The molecule has 3 aromatic rings. The molecule has 132 valence electrons. The lowest BCUT2D eigenvalue weighted by Crippen LogP contribution is -2.23. The van der Waals surface area contributed by atoms with Gasteiger partial charge in [-0.1, -0.05) is 0 Å². The van der Waals surface area contributed by atoms with E-state index < -0.39 is 0 Å². The van der Waals surface area contributed by atoms with Gasteiger partial charge in [-0.2, -0.15) is 0 Å². The first-order chi connectivity index (χ1) is 12.1. The van der Waals surface area contributed by atoms with Crippen molar-refractivity contribution >= 4 is 0 Å². The number of hydrogen-bond donors (Lipinski definition) is 0. The Morgan fingerprint density at radius 1 is 1.28 bits per heavy atom. The molecule has 0 atom stereocenters. The maximum atomic E-state index is 5.89. The minimum atomic E-state index is 0.654. The second-order valence-electron chi connectivity index (χ2n) is 6.24. The Labute approximate surface area is 148 Å². The van der Waals surface area contributed by atoms with Crippen molar-refractivity contribution in [1.29, 1.82) is 0 Å². The molecule has 6 nitrogen and oxygen atoms in total. The number of hydrogen-bond acceptors (Lipinski definition) is 5. The van der Waals surface area contributed by atoms with Crippen LogP contribution < -0.4 is 4.74 Å². The molecule has 0 bridgehead atoms. The molecule has 2 heterocycles. The van der Waals surface area contributed by atoms with E-state index in [9.17, 15) is 0 Å². The van der Waals surface area contributed by atoms with Gasteiger partial charge in [0.05, 0.1) is 19.1 Å². The van der Waals surface area contributed by atoms with Gasteiger partial charge in [0.15, 0.2) is 0 Å². The zero-order valence-corrected chi connectivity index (χ0v) is 15.2. The Bertz CT molecular complexity index is 824. The monoisotopic (exact) mass is 340 g/mol. The summed E-state index contributed by atoms with van der Waals surface area (Å²) in [5.41, 5.74) is 3.00. The minimum Gasteiger partial charge on any atom is -0.496 e. The molecule has 25 heavy (non-hydrogen) atoms. The van der Waals surface area contributed by atoms with Crippen LogP contribution in [-0.4, -0.2) is 40.1 Å². The number of oxazole rings is 1. The van der Waals surface area contributed by atoms with Gasteiger partial charge in [0.2, 0.25) is 5.89 Å². The Morgan fingerprint density at radius 2 is 2.12 bits per heavy atom. The van der Waals surface area contributed by atoms with Gasteiger partial charge in [-0.25, -0.2) is 9.97 Å². The third kappa shape index (κ3) is 4.09. The van der Waals surface area contributed by atoms with Crippen LogP contribution in [0.1, 0.15) is 17.0 Å². The maximum absolute atomic E-state index is 5.89. The van der Waals surface area contributed by atoms with Gasteiger partial charge in [0, 0.05) is 37.6 Å². The molecule has 0 saturated carbocycles. The van der Waals surface area contributed by atoms with E-state index in [4.69, 9.17) is 14.1 Å². The summed E-state index contributed by atoms with van der Waals surface area (Å²) in [4.78, 5) is 11.0. The number of aryl methyl sites for hydroxylation is 2. The van der Waals surface area contributed by atoms with E-state index in [2.05, 4.69) is 21.5 Å². The number of aromatic nitrogens is 3. The number of nitrogens with zero attached hydrogens (tertiary/aromatic N) is 4. The summed E-state index contributed by atoms with van der Waals surface area (Å²) in [7, 11) is 3.76. The van der Waals surface area contributed by atoms with Gasteiger partial charge in [-0.05, 0) is 44.7 Å². The van der Waals surface area contributed by atoms with Crippen molar-refractivity contribution in [2.24, 2.45) is 0 Å². The normalized spacial score (nSPS) is 11.2. The van der Waals surface area contributed by atoms with Gasteiger partial charge in [0.25, 0.3) is 0 Å². The summed E-state index contributed by atoms with van der Waals surface area (Å²) in [5, 5.41) is 0. The molecule has 0 unspecified atom stereocenters. The van der Waals surface area contributed by atoms with Gasteiger partial charge >= 0.3 is 0 Å².